The average molecular weight is 296 g/mol. The third-order valence-corrected chi connectivity index (χ3v) is 5.61. The van der Waals surface area contributed by atoms with E-state index in [1.807, 2.05) is 6.92 Å². The van der Waals surface area contributed by atoms with Crippen LogP contribution in [0.5, 0.6) is 0 Å². The molecule has 0 aromatic rings. The van der Waals surface area contributed by atoms with Gasteiger partial charge < -0.3 is 15.4 Å². The molecule has 1 saturated heterocycles. The van der Waals surface area contributed by atoms with E-state index in [0.717, 1.165) is 13.1 Å². The average Bonchev–Trinajstić information content (AvgIpc) is 2.87. The van der Waals surface area contributed by atoms with Gasteiger partial charge in [0, 0.05) is 6.04 Å². The molecule has 0 amide bonds. The van der Waals surface area contributed by atoms with E-state index in [1.165, 1.54) is 38.5 Å². The first-order valence-electron chi connectivity index (χ1n) is 8.59. The van der Waals surface area contributed by atoms with Crippen molar-refractivity contribution in [3.05, 3.63) is 0 Å². The largest absolute Gasteiger partial charge is 0.465 e. The van der Waals surface area contributed by atoms with Gasteiger partial charge in [-0.05, 0) is 71.4 Å². The third-order valence-electron chi connectivity index (χ3n) is 5.61. The second kappa shape index (κ2) is 6.66. The number of nitrogens with two attached hydrogens (primary N) is 1. The van der Waals surface area contributed by atoms with Crippen molar-refractivity contribution in [2.24, 2.45) is 11.1 Å². The first-order chi connectivity index (χ1) is 9.88. The van der Waals surface area contributed by atoms with Crippen LogP contribution in [0.2, 0.25) is 0 Å². The molecule has 0 aromatic heterocycles. The molecule has 1 aliphatic heterocycles. The normalized spacial score (nSPS) is 26.5. The number of hydrogen-bond acceptors (Lipinski definition) is 4. The highest BCUT2D eigenvalue weighted by molar-refractivity contribution is 5.80. The van der Waals surface area contributed by atoms with Crippen molar-refractivity contribution >= 4 is 5.97 Å². The van der Waals surface area contributed by atoms with Crippen molar-refractivity contribution in [1.29, 1.82) is 0 Å². The molecular formula is C17H32N2O2. The van der Waals surface area contributed by atoms with Crippen LogP contribution in [0.3, 0.4) is 0 Å². The SMILES string of the molecule is CCOC(=O)C(C)(N)CC(C)N1CCC2(CCCC2)CC1. The molecule has 2 rings (SSSR count). The fraction of sp³-hybridized carbons (Fsp3) is 0.941. The fourth-order valence-electron chi connectivity index (χ4n) is 4.19. The summed E-state index contributed by atoms with van der Waals surface area (Å²) in [6.07, 6.45) is 8.98. The highest BCUT2D eigenvalue weighted by Gasteiger charge is 2.39. The van der Waals surface area contributed by atoms with E-state index in [2.05, 4.69) is 11.8 Å². The zero-order valence-corrected chi connectivity index (χ0v) is 14.0. The number of carbonyl (C=O) groups excluding carboxylic acids is 1. The number of ether oxygens (including phenoxy) is 1. The minimum Gasteiger partial charge on any atom is -0.465 e. The molecule has 0 bridgehead atoms. The van der Waals surface area contributed by atoms with Crippen molar-refractivity contribution in [1.82, 2.24) is 4.90 Å². The highest BCUT2D eigenvalue weighted by Crippen LogP contribution is 2.46. The van der Waals surface area contributed by atoms with Crippen LogP contribution in [0.1, 0.15) is 65.7 Å². The van der Waals surface area contributed by atoms with Crippen molar-refractivity contribution in [3.63, 3.8) is 0 Å². The van der Waals surface area contributed by atoms with Gasteiger partial charge in [0.1, 0.15) is 5.54 Å². The van der Waals surface area contributed by atoms with Gasteiger partial charge in [0.05, 0.1) is 6.61 Å². The lowest BCUT2D eigenvalue weighted by molar-refractivity contribution is -0.149. The molecule has 2 aliphatic rings. The van der Waals surface area contributed by atoms with E-state index < -0.39 is 5.54 Å². The summed E-state index contributed by atoms with van der Waals surface area (Å²) in [4.78, 5) is 14.4. The summed E-state index contributed by atoms with van der Waals surface area (Å²) >= 11 is 0. The van der Waals surface area contributed by atoms with Crippen LogP contribution in [0.15, 0.2) is 0 Å². The van der Waals surface area contributed by atoms with Crippen molar-refractivity contribution < 1.29 is 9.53 Å². The summed E-state index contributed by atoms with van der Waals surface area (Å²) in [5.74, 6) is -0.277. The molecule has 2 fully saturated rings. The summed E-state index contributed by atoms with van der Waals surface area (Å²) in [6.45, 7) is 8.51. The highest BCUT2D eigenvalue weighted by atomic mass is 16.5. The summed E-state index contributed by atoms with van der Waals surface area (Å²) in [6, 6.07) is 0.336. The van der Waals surface area contributed by atoms with Crippen LogP contribution in [0, 0.1) is 5.41 Å². The number of carbonyl (C=O) groups is 1. The smallest absolute Gasteiger partial charge is 0.325 e. The first-order valence-corrected chi connectivity index (χ1v) is 8.59. The van der Waals surface area contributed by atoms with E-state index in [9.17, 15) is 4.79 Å². The molecule has 1 spiro atoms. The Morgan fingerprint density at radius 2 is 1.86 bits per heavy atom. The number of likely N-dealkylation sites (tertiary alicyclic amines) is 1. The van der Waals surface area contributed by atoms with Gasteiger partial charge in [0.2, 0.25) is 0 Å². The first kappa shape index (κ1) is 16.8. The second-order valence-electron chi connectivity index (χ2n) is 7.43. The van der Waals surface area contributed by atoms with Crippen molar-refractivity contribution in [2.75, 3.05) is 19.7 Å². The van der Waals surface area contributed by atoms with Gasteiger partial charge in [-0.25, -0.2) is 0 Å². The minimum atomic E-state index is -0.877. The van der Waals surface area contributed by atoms with Crippen molar-refractivity contribution in [3.8, 4) is 0 Å². The monoisotopic (exact) mass is 296 g/mol. The van der Waals surface area contributed by atoms with Crippen molar-refractivity contribution in [2.45, 2.75) is 77.3 Å². The minimum absolute atomic E-state index is 0.277. The Bertz CT molecular complexity index is 352. The predicted molar refractivity (Wildman–Crippen MR) is 85.0 cm³/mol. The molecule has 1 aliphatic carbocycles. The van der Waals surface area contributed by atoms with E-state index in [-0.39, 0.29) is 5.97 Å². The molecule has 1 saturated carbocycles. The van der Waals surface area contributed by atoms with Crippen LogP contribution >= 0.6 is 0 Å². The molecule has 4 heteroatoms. The molecule has 4 nitrogen and oxygen atoms in total. The quantitative estimate of drug-likeness (QED) is 0.793. The maximum absolute atomic E-state index is 11.9. The predicted octanol–water partition coefficient (Wildman–Crippen LogP) is 2.70. The van der Waals surface area contributed by atoms with Crippen LogP contribution in [0.4, 0.5) is 0 Å². The van der Waals surface area contributed by atoms with Gasteiger partial charge in [-0.15, -0.1) is 0 Å². The number of nitrogens with zero attached hydrogens (tertiary/aromatic N) is 1. The summed E-state index contributed by atoms with van der Waals surface area (Å²) in [5.41, 5.74) is 5.93. The zero-order chi connectivity index (χ0) is 15.5. The van der Waals surface area contributed by atoms with Gasteiger partial charge in [-0.1, -0.05) is 12.8 Å². The lowest BCUT2D eigenvalue weighted by Crippen LogP contribution is -2.52. The zero-order valence-electron chi connectivity index (χ0n) is 14.0. The molecule has 122 valence electrons. The Hall–Kier alpha value is -0.610. The molecule has 1 heterocycles. The summed E-state index contributed by atoms with van der Waals surface area (Å²) in [7, 11) is 0. The lowest BCUT2D eigenvalue weighted by Gasteiger charge is -2.43. The Morgan fingerprint density at radius 1 is 1.29 bits per heavy atom. The second-order valence-corrected chi connectivity index (χ2v) is 7.43. The Labute approximate surface area is 129 Å². The molecular weight excluding hydrogens is 264 g/mol. The molecule has 21 heavy (non-hydrogen) atoms. The van der Waals surface area contributed by atoms with Gasteiger partial charge in [-0.2, -0.15) is 0 Å². The molecule has 2 atom stereocenters. The van der Waals surface area contributed by atoms with Gasteiger partial charge >= 0.3 is 5.97 Å². The number of esters is 1. The number of hydrogen-bond donors (Lipinski definition) is 1. The van der Waals surface area contributed by atoms with E-state index in [4.69, 9.17) is 10.5 Å². The topological polar surface area (TPSA) is 55.6 Å². The molecule has 0 aromatic carbocycles. The summed E-state index contributed by atoms with van der Waals surface area (Å²) < 4.78 is 5.09. The van der Waals surface area contributed by atoms with E-state index in [0.29, 0.717) is 24.5 Å². The Balaban J connectivity index is 1.84. The van der Waals surface area contributed by atoms with Crippen LogP contribution in [-0.2, 0) is 9.53 Å². The lowest BCUT2D eigenvalue weighted by atomic mass is 9.76. The maximum Gasteiger partial charge on any atom is 0.325 e. The molecule has 2 N–H and O–H groups in total. The van der Waals surface area contributed by atoms with Crippen LogP contribution in [-0.4, -0.2) is 42.1 Å². The van der Waals surface area contributed by atoms with Crippen LogP contribution in [0.25, 0.3) is 0 Å². The molecule has 2 unspecified atom stereocenters. The fourth-order valence-corrected chi connectivity index (χ4v) is 4.19. The Kier molecular flexibility index (Phi) is 5.31. The number of rotatable bonds is 5. The van der Waals surface area contributed by atoms with Crippen LogP contribution < -0.4 is 5.73 Å². The number of piperidine rings is 1. The van der Waals surface area contributed by atoms with E-state index >= 15 is 0 Å². The van der Waals surface area contributed by atoms with Gasteiger partial charge in [0.25, 0.3) is 0 Å². The van der Waals surface area contributed by atoms with Gasteiger partial charge in [-0.3, -0.25) is 4.79 Å². The third kappa shape index (κ3) is 3.98. The van der Waals surface area contributed by atoms with E-state index in [1.54, 1.807) is 6.92 Å². The molecule has 0 radical (unpaired) electrons. The van der Waals surface area contributed by atoms with Gasteiger partial charge in [0.15, 0.2) is 0 Å². The summed E-state index contributed by atoms with van der Waals surface area (Å²) in [5, 5.41) is 0. The maximum atomic E-state index is 11.9. The standard InChI is InChI=1S/C17H32N2O2/c1-4-21-15(20)16(3,18)13-14(2)19-11-9-17(10-12-19)7-5-6-8-17/h14H,4-13,18H2,1-3H3. The Morgan fingerprint density at radius 3 is 2.38 bits per heavy atom.